The standard InChI is InChI=1S/C8H10F3NO/c1-2-3-4-13-6-7(5-12)8(9,10)11/h2,7H,1,3-4,6H2. The van der Waals surface area contributed by atoms with Crippen molar-refractivity contribution in [1.29, 1.82) is 5.26 Å². The maximum Gasteiger partial charge on any atom is 0.406 e. The van der Waals surface area contributed by atoms with Gasteiger partial charge in [-0.3, -0.25) is 0 Å². The predicted octanol–water partition coefficient (Wildman–Crippen LogP) is 2.28. The van der Waals surface area contributed by atoms with E-state index in [9.17, 15) is 13.2 Å². The van der Waals surface area contributed by atoms with Gasteiger partial charge in [0, 0.05) is 0 Å². The second kappa shape index (κ2) is 5.60. The van der Waals surface area contributed by atoms with Crippen molar-refractivity contribution in [2.24, 2.45) is 5.92 Å². The molecule has 0 heterocycles. The van der Waals surface area contributed by atoms with Crippen LogP contribution in [0.25, 0.3) is 0 Å². The van der Waals surface area contributed by atoms with E-state index >= 15 is 0 Å². The summed E-state index contributed by atoms with van der Waals surface area (Å²) >= 11 is 0. The highest BCUT2D eigenvalue weighted by Gasteiger charge is 2.39. The summed E-state index contributed by atoms with van der Waals surface area (Å²) in [4.78, 5) is 0. The molecule has 0 saturated heterocycles. The van der Waals surface area contributed by atoms with E-state index in [0.717, 1.165) is 6.07 Å². The van der Waals surface area contributed by atoms with Crippen molar-refractivity contribution in [1.82, 2.24) is 0 Å². The largest absolute Gasteiger partial charge is 0.406 e. The van der Waals surface area contributed by atoms with Crippen molar-refractivity contribution < 1.29 is 17.9 Å². The van der Waals surface area contributed by atoms with E-state index < -0.39 is 18.7 Å². The zero-order chi connectivity index (χ0) is 10.3. The van der Waals surface area contributed by atoms with Gasteiger partial charge in [-0.1, -0.05) is 6.08 Å². The number of hydrogen-bond donors (Lipinski definition) is 0. The zero-order valence-corrected chi connectivity index (χ0v) is 6.97. The van der Waals surface area contributed by atoms with Crippen molar-refractivity contribution >= 4 is 0 Å². The zero-order valence-electron chi connectivity index (χ0n) is 6.97. The van der Waals surface area contributed by atoms with E-state index in [-0.39, 0.29) is 6.61 Å². The quantitative estimate of drug-likeness (QED) is 0.495. The minimum absolute atomic E-state index is 0.164. The van der Waals surface area contributed by atoms with E-state index in [1.165, 1.54) is 6.08 Å². The number of nitriles is 1. The summed E-state index contributed by atoms with van der Waals surface area (Å²) < 4.78 is 40.4. The topological polar surface area (TPSA) is 33.0 Å². The van der Waals surface area contributed by atoms with Gasteiger partial charge in [0.2, 0.25) is 0 Å². The lowest BCUT2D eigenvalue weighted by atomic mass is 10.2. The Morgan fingerprint density at radius 1 is 1.54 bits per heavy atom. The van der Waals surface area contributed by atoms with Gasteiger partial charge in [-0.15, -0.1) is 6.58 Å². The summed E-state index contributed by atoms with van der Waals surface area (Å²) in [6.45, 7) is 2.94. The molecule has 0 aromatic heterocycles. The van der Waals surface area contributed by atoms with Crippen LogP contribution in [0.2, 0.25) is 0 Å². The normalized spacial score (nSPS) is 13.4. The average Bonchev–Trinajstić information content (AvgIpc) is 2.02. The van der Waals surface area contributed by atoms with Gasteiger partial charge in [-0.25, -0.2) is 0 Å². The second-order valence-corrected chi connectivity index (χ2v) is 2.38. The van der Waals surface area contributed by atoms with Crippen LogP contribution in [0.3, 0.4) is 0 Å². The summed E-state index contributed by atoms with van der Waals surface area (Å²) in [6.07, 6.45) is -2.48. The Morgan fingerprint density at radius 3 is 2.54 bits per heavy atom. The Kier molecular flexibility index (Phi) is 5.16. The molecule has 74 valence electrons. The van der Waals surface area contributed by atoms with Gasteiger partial charge in [0.15, 0.2) is 5.92 Å². The maximum atomic E-state index is 11.9. The Labute approximate surface area is 74.6 Å². The lowest BCUT2D eigenvalue weighted by molar-refractivity contribution is -0.171. The van der Waals surface area contributed by atoms with Gasteiger partial charge in [-0.05, 0) is 6.42 Å². The van der Waals surface area contributed by atoms with Crippen molar-refractivity contribution in [3.8, 4) is 6.07 Å². The Balaban J connectivity index is 3.75. The molecule has 2 nitrogen and oxygen atoms in total. The number of halogens is 3. The van der Waals surface area contributed by atoms with Gasteiger partial charge in [0.05, 0.1) is 19.3 Å². The first-order valence-electron chi connectivity index (χ1n) is 3.67. The van der Waals surface area contributed by atoms with Gasteiger partial charge in [-0.2, -0.15) is 18.4 Å². The highest BCUT2D eigenvalue weighted by atomic mass is 19.4. The summed E-state index contributed by atoms with van der Waals surface area (Å²) in [5.74, 6) is -2.03. The lowest BCUT2D eigenvalue weighted by Gasteiger charge is -2.12. The Hall–Kier alpha value is -1.02. The fraction of sp³-hybridized carbons (Fsp3) is 0.625. The van der Waals surface area contributed by atoms with Crippen LogP contribution in [0.5, 0.6) is 0 Å². The van der Waals surface area contributed by atoms with Crippen molar-refractivity contribution in [2.45, 2.75) is 12.6 Å². The van der Waals surface area contributed by atoms with Crippen LogP contribution in [0.15, 0.2) is 12.7 Å². The highest BCUT2D eigenvalue weighted by Crippen LogP contribution is 2.25. The molecule has 0 aliphatic carbocycles. The molecule has 5 heteroatoms. The molecule has 0 N–H and O–H groups in total. The van der Waals surface area contributed by atoms with Crippen LogP contribution >= 0.6 is 0 Å². The molecule has 0 amide bonds. The molecule has 1 atom stereocenters. The van der Waals surface area contributed by atoms with Crippen LogP contribution in [-0.2, 0) is 4.74 Å². The molecule has 0 bridgehead atoms. The van der Waals surface area contributed by atoms with E-state index in [2.05, 4.69) is 11.3 Å². The molecular formula is C8H10F3NO. The fourth-order valence-electron chi connectivity index (χ4n) is 0.573. The van der Waals surface area contributed by atoms with Crippen molar-refractivity contribution in [3.05, 3.63) is 12.7 Å². The maximum absolute atomic E-state index is 11.9. The Bertz CT molecular complexity index is 195. The number of rotatable bonds is 5. The molecule has 0 fully saturated rings. The minimum atomic E-state index is -4.50. The van der Waals surface area contributed by atoms with Gasteiger partial charge in [0.1, 0.15) is 0 Å². The van der Waals surface area contributed by atoms with Crippen LogP contribution in [0, 0.1) is 17.2 Å². The van der Waals surface area contributed by atoms with Gasteiger partial charge in [0.25, 0.3) is 0 Å². The third-order valence-corrected chi connectivity index (χ3v) is 1.30. The minimum Gasteiger partial charge on any atom is -0.379 e. The lowest BCUT2D eigenvalue weighted by Crippen LogP contribution is -2.26. The van der Waals surface area contributed by atoms with E-state index in [4.69, 9.17) is 5.26 Å². The molecule has 0 aromatic rings. The van der Waals surface area contributed by atoms with E-state index in [1.807, 2.05) is 0 Å². The molecule has 0 spiro atoms. The SMILES string of the molecule is C=CCCOCC(C#N)C(F)(F)F. The Morgan fingerprint density at radius 2 is 2.15 bits per heavy atom. The van der Waals surface area contributed by atoms with Crippen LogP contribution in [0.4, 0.5) is 13.2 Å². The fourth-order valence-corrected chi connectivity index (χ4v) is 0.573. The van der Waals surface area contributed by atoms with Gasteiger partial charge < -0.3 is 4.74 Å². The second-order valence-electron chi connectivity index (χ2n) is 2.38. The number of ether oxygens (including phenoxy) is 1. The number of alkyl halides is 3. The monoisotopic (exact) mass is 193 g/mol. The summed E-state index contributed by atoms with van der Waals surface area (Å²) in [5, 5.41) is 8.15. The number of hydrogen-bond acceptors (Lipinski definition) is 2. The summed E-state index contributed by atoms with van der Waals surface area (Å²) in [6, 6.07) is 1.14. The van der Waals surface area contributed by atoms with E-state index in [0.29, 0.717) is 6.42 Å². The molecule has 13 heavy (non-hydrogen) atoms. The highest BCUT2D eigenvalue weighted by molar-refractivity contribution is 4.88. The molecule has 0 saturated carbocycles. The third kappa shape index (κ3) is 5.26. The smallest absolute Gasteiger partial charge is 0.379 e. The van der Waals surface area contributed by atoms with Crippen LogP contribution < -0.4 is 0 Å². The van der Waals surface area contributed by atoms with Crippen LogP contribution in [-0.4, -0.2) is 19.4 Å². The third-order valence-electron chi connectivity index (χ3n) is 1.30. The summed E-state index contributed by atoms with van der Waals surface area (Å²) in [7, 11) is 0. The molecule has 0 aliphatic rings. The number of nitrogens with zero attached hydrogens (tertiary/aromatic N) is 1. The molecule has 0 aliphatic heterocycles. The molecule has 0 rings (SSSR count). The average molecular weight is 193 g/mol. The molecule has 0 aromatic carbocycles. The molecular weight excluding hydrogens is 183 g/mol. The summed E-state index contributed by atoms with van der Waals surface area (Å²) in [5.41, 5.74) is 0. The molecule has 0 radical (unpaired) electrons. The van der Waals surface area contributed by atoms with Crippen LogP contribution in [0.1, 0.15) is 6.42 Å². The van der Waals surface area contributed by atoms with Crippen molar-refractivity contribution in [3.63, 3.8) is 0 Å². The first kappa shape index (κ1) is 12.0. The van der Waals surface area contributed by atoms with E-state index in [1.54, 1.807) is 0 Å². The first-order valence-corrected chi connectivity index (χ1v) is 3.67. The first-order chi connectivity index (χ1) is 6.02. The predicted molar refractivity (Wildman–Crippen MR) is 40.8 cm³/mol. The van der Waals surface area contributed by atoms with Gasteiger partial charge >= 0.3 is 6.18 Å². The van der Waals surface area contributed by atoms with Crippen molar-refractivity contribution in [2.75, 3.05) is 13.2 Å². The molecule has 1 unspecified atom stereocenters.